The third-order valence-corrected chi connectivity index (χ3v) is 5.52. The molecule has 2 N–H and O–H groups in total. The number of carbonyl (C=O) groups is 2. The number of rotatable bonds is 3. The van der Waals surface area contributed by atoms with Crippen LogP contribution in [0.15, 0.2) is 48.7 Å². The van der Waals surface area contributed by atoms with E-state index in [4.69, 9.17) is 0 Å². The van der Waals surface area contributed by atoms with Crippen LogP contribution in [0.3, 0.4) is 0 Å². The Morgan fingerprint density at radius 2 is 1.77 bits per heavy atom. The predicted octanol–water partition coefficient (Wildman–Crippen LogP) is 3.02. The van der Waals surface area contributed by atoms with Gasteiger partial charge in [0.2, 0.25) is 0 Å². The molecule has 0 saturated heterocycles. The highest BCUT2D eigenvalue weighted by atomic mass is 16.3. The fraction of sp³-hybridized carbons (Fsp3) is 0.348. The minimum absolute atomic E-state index is 0.163. The number of nitrogens with one attached hydrogen (secondary N) is 1. The molecule has 2 aliphatic heterocycles. The van der Waals surface area contributed by atoms with Gasteiger partial charge in [-0.25, -0.2) is 9.78 Å². The van der Waals surface area contributed by atoms with Crippen LogP contribution in [0, 0.1) is 0 Å². The molecular weight excluding hydrogens is 380 g/mol. The fourth-order valence-electron chi connectivity index (χ4n) is 3.83. The monoisotopic (exact) mass is 406 g/mol. The van der Waals surface area contributed by atoms with Gasteiger partial charge in [0.1, 0.15) is 11.4 Å². The van der Waals surface area contributed by atoms with Crippen molar-refractivity contribution in [2.24, 2.45) is 0 Å². The maximum atomic E-state index is 12.6. The summed E-state index contributed by atoms with van der Waals surface area (Å²) in [5, 5.41) is 12.8. The van der Waals surface area contributed by atoms with E-state index in [1.807, 2.05) is 36.4 Å². The molecule has 0 unspecified atom stereocenters. The van der Waals surface area contributed by atoms with Crippen LogP contribution in [0.2, 0.25) is 0 Å². The summed E-state index contributed by atoms with van der Waals surface area (Å²) < 4.78 is 0. The first-order valence-electron chi connectivity index (χ1n) is 10.1. The number of pyridine rings is 1. The van der Waals surface area contributed by atoms with Crippen molar-refractivity contribution in [2.45, 2.75) is 39.0 Å². The highest BCUT2D eigenvalue weighted by Gasteiger charge is 2.30. The molecule has 156 valence electrons. The first kappa shape index (κ1) is 20.1. The van der Waals surface area contributed by atoms with Gasteiger partial charge in [0.25, 0.3) is 5.91 Å². The second-order valence-electron chi connectivity index (χ2n) is 8.28. The molecule has 7 nitrogen and oxygen atoms in total. The van der Waals surface area contributed by atoms with Gasteiger partial charge in [-0.2, -0.15) is 0 Å². The number of amides is 3. The van der Waals surface area contributed by atoms with Gasteiger partial charge < -0.3 is 14.9 Å². The molecule has 3 heterocycles. The second kappa shape index (κ2) is 7.91. The molecule has 0 spiro atoms. The van der Waals surface area contributed by atoms with Crippen molar-refractivity contribution in [1.29, 1.82) is 0 Å². The van der Waals surface area contributed by atoms with Gasteiger partial charge in [0.05, 0.1) is 0 Å². The number of nitrogens with zero attached hydrogens (tertiary/aromatic N) is 3. The van der Waals surface area contributed by atoms with Crippen LogP contribution >= 0.6 is 0 Å². The molecule has 0 saturated carbocycles. The van der Waals surface area contributed by atoms with E-state index in [0.29, 0.717) is 38.4 Å². The molecule has 0 bridgehead atoms. The number of hydrogen-bond acceptors (Lipinski definition) is 4. The van der Waals surface area contributed by atoms with E-state index < -0.39 is 5.60 Å². The van der Waals surface area contributed by atoms with Crippen molar-refractivity contribution >= 4 is 23.3 Å². The molecule has 30 heavy (non-hydrogen) atoms. The van der Waals surface area contributed by atoms with Crippen LogP contribution in [0.25, 0.3) is 5.57 Å². The lowest BCUT2D eigenvalue weighted by Crippen LogP contribution is -2.46. The Kier molecular flexibility index (Phi) is 5.30. The van der Waals surface area contributed by atoms with Crippen LogP contribution in [0.5, 0.6) is 0 Å². The smallest absolute Gasteiger partial charge is 0.323 e. The lowest BCUT2D eigenvalue weighted by molar-refractivity contribution is -0.147. The molecular formula is C23H26N4O3. The Labute approximate surface area is 176 Å². The maximum absolute atomic E-state index is 12.6. The number of hydrogen-bond donors (Lipinski definition) is 2. The van der Waals surface area contributed by atoms with E-state index in [1.54, 1.807) is 22.1 Å². The van der Waals surface area contributed by atoms with Crippen LogP contribution in [0.1, 0.15) is 37.0 Å². The second-order valence-corrected chi connectivity index (χ2v) is 8.28. The molecule has 0 radical (unpaired) electrons. The Morgan fingerprint density at radius 1 is 1.07 bits per heavy atom. The number of aromatic nitrogens is 1. The van der Waals surface area contributed by atoms with Crippen molar-refractivity contribution in [3.8, 4) is 0 Å². The van der Waals surface area contributed by atoms with Crippen LogP contribution < -0.4 is 5.32 Å². The summed E-state index contributed by atoms with van der Waals surface area (Å²) in [5.41, 5.74) is 3.07. The molecule has 0 aliphatic carbocycles. The average Bonchev–Trinajstić information content (AvgIpc) is 3.18. The third-order valence-electron chi connectivity index (χ3n) is 5.52. The maximum Gasteiger partial charge on any atom is 0.323 e. The Hall–Kier alpha value is -3.19. The normalized spacial score (nSPS) is 16.2. The van der Waals surface area contributed by atoms with E-state index >= 15 is 0 Å². The summed E-state index contributed by atoms with van der Waals surface area (Å²) in [4.78, 5) is 32.5. The van der Waals surface area contributed by atoms with E-state index in [2.05, 4.69) is 10.3 Å². The molecule has 1 aromatic carbocycles. The summed E-state index contributed by atoms with van der Waals surface area (Å²) in [6.45, 7) is 5.24. The number of fused-ring (bicyclic) bond motifs is 1. The Bertz CT molecular complexity index is 967. The SMILES string of the molecule is CC(C)(O)C(=O)N1CC=C(c2ccc(NC(=O)N3Cc4ccccc4C3)nc2)CC1. The first-order chi connectivity index (χ1) is 14.3. The number of urea groups is 1. The average molecular weight is 406 g/mol. The van der Waals surface area contributed by atoms with Crippen molar-refractivity contribution in [2.75, 3.05) is 18.4 Å². The van der Waals surface area contributed by atoms with E-state index in [0.717, 1.165) is 11.1 Å². The summed E-state index contributed by atoms with van der Waals surface area (Å²) in [6.07, 6.45) is 4.43. The van der Waals surface area contributed by atoms with Crippen LogP contribution in [-0.4, -0.2) is 50.5 Å². The van der Waals surface area contributed by atoms with Gasteiger partial charge in [0, 0.05) is 32.4 Å². The van der Waals surface area contributed by atoms with Gasteiger partial charge in [-0.05, 0) is 54.7 Å². The summed E-state index contributed by atoms with van der Waals surface area (Å²) in [6, 6.07) is 11.6. The predicted molar refractivity (Wildman–Crippen MR) is 114 cm³/mol. The topological polar surface area (TPSA) is 85.8 Å². The van der Waals surface area contributed by atoms with Gasteiger partial charge in [-0.3, -0.25) is 10.1 Å². The highest BCUT2D eigenvalue weighted by Crippen LogP contribution is 2.25. The van der Waals surface area contributed by atoms with E-state index in [9.17, 15) is 14.7 Å². The van der Waals surface area contributed by atoms with Crippen LogP contribution in [0.4, 0.5) is 10.6 Å². The van der Waals surface area contributed by atoms with E-state index in [-0.39, 0.29) is 11.9 Å². The standard InChI is InChI=1S/C23H26N4O3/c1-23(2,30)21(28)26-11-9-16(10-12-26)17-7-8-20(24-13-17)25-22(29)27-14-18-5-3-4-6-19(18)15-27/h3-9,13,30H,10-12,14-15H2,1-2H3,(H,24,25,29). The number of benzene rings is 1. The Morgan fingerprint density at radius 3 is 2.30 bits per heavy atom. The van der Waals surface area contributed by atoms with Gasteiger partial charge in [-0.1, -0.05) is 30.3 Å². The largest absolute Gasteiger partial charge is 0.381 e. The minimum atomic E-state index is -1.36. The molecule has 2 aromatic rings. The van der Waals surface area contributed by atoms with E-state index in [1.165, 1.54) is 25.0 Å². The highest BCUT2D eigenvalue weighted by molar-refractivity contribution is 5.89. The molecule has 7 heteroatoms. The molecule has 0 atom stereocenters. The first-order valence-corrected chi connectivity index (χ1v) is 10.1. The number of anilines is 1. The van der Waals surface area contributed by atoms with Crippen molar-refractivity contribution < 1.29 is 14.7 Å². The van der Waals surface area contributed by atoms with Crippen molar-refractivity contribution in [1.82, 2.24) is 14.8 Å². The molecule has 2 aliphatic rings. The zero-order valence-electron chi connectivity index (χ0n) is 17.3. The quantitative estimate of drug-likeness (QED) is 0.821. The summed E-state index contributed by atoms with van der Waals surface area (Å²) >= 11 is 0. The molecule has 3 amide bonds. The van der Waals surface area contributed by atoms with Crippen molar-refractivity contribution in [3.05, 3.63) is 65.4 Å². The molecule has 1 aromatic heterocycles. The van der Waals surface area contributed by atoms with Crippen molar-refractivity contribution in [3.63, 3.8) is 0 Å². The minimum Gasteiger partial charge on any atom is -0.381 e. The summed E-state index contributed by atoms with van der Waals surface area (Å²) in [7, 11) is 0. The number of aliphatic hydroxyl groups is 1. The number of carbonyl (C=O) groups excluding carboxylic acids is 2. The molecule has 4 rings (SSSR count). The van der Waals surface area contributed by atoms with Gasteiger partial charge in [0.15, 0.2) is 0 Å². The van der Waals surface area contributed by atoms with Gasteiger partial charge in [-0.15, -0.1) is 0 Å². The Balaban J connectivity index is 1.35. The van der Waals surface area contributed by atoms with Crippen LogP contribution in [-0.2, 0) is 17.9 Å². The zero-order valence-corrected chi connectivity index (χ0v) is 17.3. The third kappa shape index (κ3) is 4.21. The fourth-order valence-corrected chi connectivity index (χ4v) is 3.83. The zero-order chi connectivity index (χ0) is 21.3. The summed E-state index contributed by atoms with van der Waals surface area (Å²) in [5.74, 6) is 0.244. The lowest BCUT2D eigenvalue weighted by atomic mass is 9.99. The molecule has 0 fully saturated rings. The lowest BCUT2D eigenvalue weighted by Gasteiger charge is -2.31. The van der Waals surface area contributed by atoms with Gasteiger partial charge >= 0.3 is 6.03 Å².